The lowest BCUT2D eigenvalue weighted by atomic mass is 10.0. The average Bonchev–Trinajstić information content (AvgIpc) is 3.56. The molecule has 5 rings (SSSR count). The largest absolute Gasteiger partial charge is 0.392 e. The van der Waals surface area contributed by atoms with Crippen LogP contribution in [-0.4, -0.2) is 47.1 Å². The number of H-pyrrole nitrogens is 1. The fourth-order valence-electron chi connectivity index (χ4n) is 4.73. The first kappa shape index (κ1) is 28.9. The number of carbonyl (C=O) groups is 2. The zero-order chi connectivity index (χ0) is 29.7. The highest BCUT2D eigenvalue weighted by Gasteiger charge is 2.31. The topological polar surface area (TPSA) is 155 Å². The highest BCUT2D eigenvalue weighted by atomic mass is 16.2. The summed E-state index contributed by atoms with van der Waals surface area (Å²) in [6.45, 7) is 5.99. The monoisotopic (exact) mass is 550 g/mol. The number of benzene rings is 2. The van der Waals surface area contributed by atoms with Crippen molar-refractivity contribution in [3.05, 3.63) is 88.4 Å². The molecule has 0 fully saturated rings. The molecule has 0 aliphatic carbocycles. The number of aromatic nitrogens is 3. The SMILES string of the molecule is CN.CN/C(C)=C\C(N)=N/c1ncc(C)c(-c2c[nH]c3c(N4Cc5c(/C=C(\C)C=O)cccc5C4=O)cccc23)n1. The van der Waals surface area contributed by atoms with Crippen LogP contribution in [0, 0.1) is 6.92 Å². The molecule has 3 heterocycles. The number of carbonyl (C=O) groups excluding carboxylic acids is 2. The maximum atomic E-state index is 13.5. The van der Waals surface area contributed by atoms with Gasteiger partial charge >= 0.3 is 0 Å². The molecule has 6 N–H and O–H groups in total. The maximum Gasteiger partial charge on any atom is 0.259 e. The van der Waals surface area contributed by atoms with Crippen LogP contribution in [0.25, 0.3) is 28.2 Å². The van der Waals surface area contributed by atoms with Crippen LogP contribution < -0.4 is 21.7 Å². The Morgan fingerprint density at radius 2 is 1.90 bits per heavy atom. The van der Waals surface area contributed by atoms with E-state index in [2.05, 4.69) is 26.0 Å². The number of fused-ring (bicyclic) bond motifs is 2. The molecule has 1 aliphatic rings. The number of aldehydes is 1. The Labute approximate surface area is 238 Å². The smallest absolute Gasteiger partial charge is 0.259 e. The Bertz CT molecular complexity index is 1710. The van der Waals surface area contributed by atoms with Crippen LogP contribution in [0.5, 0.6) is 0 Å². The van der Waals surface area contributed by atoms with Gasteiger partial charge in [0, 0.05) is 41.7 Å². The minimum atomic E-state index is -0.0807. The first-order chi connectivity index (χ1) is 19.8. The zero-order valence-corrected chi connectivity index (χ0v) is 23.8. The number of hydrogen-bond donors (Lipinski definition) is 4. The number of allylic oxidation sites excluding steroid dienone is 2. The highest BCUT2D eigenvalue weighted by Crippen LogP contribution is 2.38. The van der Waals surface area contributed by atoms with Crippen LogP contribution in [-0.2, 0) is 11.3 Å². The molecule has 10 heteroatoms. The second-order valence-corrected chi connectivity index (χ2v) is 9.49. The number of aryl methyl sites for hydroxylation is 1. The molecular formula is C31H34N8O2. The molecule has 1 amide bonds. The van der Waals surface area contributed by atoms with Crippen LogP contribution in [0.4, 0.5) is 11.6 Å². The Hall–Kier alpha value is -5.09. The lowest BCUT2D eigenvalue weighted by Crippen LogP contribution is -2.23. The molecule has 0 radical (unpaired) electrons. The molecule has 0 unspecified atom stereocenters. The van der Waals surface area contributed by atoms with E-state index in [4.69, 9.17) is 10.7 Å². The van der Waals surface area contributed by atoms with Crippen LogP contribution in [0.3, 0.4) is 0 Å². The van der Waals surface area contributed by atoms with E-state index in [0.717, 1.165) is 56.5 Å². The number of anilines is 1. The van der Waals surface area contributed by atoms with E-state index < -0.39 is 0 Å². The van der Waals surface area contributed by atoms with Gasteiger partial charge in [-0.25, -0.2) is 9.97 Å². The first-order valence-electron chi connectivity index (χ1n) is 13.1. The summed E-state index contributed by atoms with van der Waals surface area (Å²) in [5, 5.41) is 3.93. The molecule has 10 nitrogen and oxygen atoms in total. The van der Waals surface area contributed by atoms with Crippen molar-refractivity contribution in [3.63, 3.8) is 0 Å². The van der Waals surface area contributed by atoms with Gasteiger partial charge in [-0.2, -0.15) is 4.99 Å². The number of aromatic amines is 1. The van der Waals surface area contributed by atoms with Gasteiger partial charge in [-0.3, -0.25) is 9.59 Å². The molecule has 2 aromatic carbocycles. The van der Waals surface area contributed by atoms with Crippen LogP contribution >= 0.6 is 0 Å². The van der Waals surface area contributed by atoms with Crippen LogP contribution in [0.15, 0.2) is 71.1 Å². The summed E-state index contributed by atoms with van der Waals surface area (Å²) < 4.78 is 0. The Morgan fingerprint density at radius 1 is 1.15 bits per heavy atom. The van der Waals surface area contributed by atoms with Gasteiger partial charge in [0.1, 0.15) is 12.1 Å². The number of amidine groups is 1. The molecule has 1 aliphatic heterocycles. The number of nitrogens with zero attached hydrogens (tertiary/aromatic N) is 4. The van der Waals surface area contributed by atoms with Crippen molar-refractivity contribution < 1.29 is 9.59 Å². The van der Waals surface area contributed by atoms with Crippen molar-refractivity contribution in [2.75, 3.05) is 19.0 Å². The molecule has 4 aromatic rings. The summed E-state index contributed by atoms with van der Waals surface area (Å²) in [5.74, 6) is 0.473. The summed E-state index contributed by atoms with van der Waals surface area (Å²) in [6.07, 6.45) is 7.96. The number of amides is 1. The third-order valence-corrected chi connectivity index (χ3v) is 6.76. The minimum Gasteiger partial charge on any atom is -0.392 e. The van der Waals surface area contributed by atoms with Crippen molar-refractivity contribution >= 4 is 46.6 Å². The van der Waals surface area contributed by atoms with E-state index in [0.29, 0.717) is 23.5 Å². The normalized spacial score (nSPS) is 13.7. The Morgan fingerprint density at radius 3 is 2.63 bits per heavy atom. The molecule has 0 saturated heterocycles. The van der Waals surface area contributed by atoms with Gasteiger partial charge in [0.15, 0.2) is 0 Å². The van der Waals surface area contributed by atoms with E-state index in [1.165, 1.54) is 7.05 Å². The fraction of sp³-hybridized carbons (Fsp3) is 0.194. The third kappa shape index (κ3) is 5.78. The second kappa shape index (κ2) is 12.4. The predicted molar refractivity (Wildman–Crippen MR) is 165 cm³/mol. The molecule has 0 atom stereocenters. The van der Waals surface area contributed by atoms with Gasteiger partial charge in [-0.15, -0.1) is 0 Å². The lowest BCUT2D eigenvalue weighted by Gasteiger charge is -2.17. The van der Waals surface area contributed by atoms with E-state index in [-0.39, 0.29) is 11.9 Å². The third-order valence-electron chi connectivity index (χ3n) is 6.76. The molecule has 0 bridgehead atoms. The van der Waals surface area contributed by atoms with Gasteiger partial charge < -0.3 is 26.7 Å². The molecule has 41 heavy (non-hydrogen) atoms. The van der Waals surface area contributed by atoms with Gasteiger partial charge in [0.2, 0.25) is 0 Å². The molecule has 0 spiro atoms. The van der Waals surface area contributed by atoms with Gasteiger partial charge in [-0.1, -0.05) is 24.3 Å². The highest BCUT2D eigenvalue weighted by molar-refractivity contribution is 6.15. The summed E-state index contributed by atoms with van der Waals surface area (Å²) in [4.78, 5) is 43.2. The van der Waals surface area contributed by atoms with Gasteiger partial charge in [-0.05, 0) is 74.4 Å². The molecular weight excluding hydrogens is 516 g/mol. The molecule has 2 aromatic heterocycles. The molecule has 210 valence electrons. The Kier molecular flexibility index (Phi) is 8.74. The second-order valence-electron chi connectivity index (χ2n) is 9.49. The number of rotatable bonds is 7. The number of nitrogens with one attached hydrogen (secondary N) is 2. The summed E-state index contributed by atoms with van der Waals surface area (Å²) in [7, 11) is 3.31. The standard InChI is InChI=1S/C30H29N7O2.CH5N/c1-17(16-38)11-20-7-5-9-22-24(20)15-37(29(22)39)25-10-6-8-21-23(14-33-28(21)25)27-18(2)13-34-30(36-27)35-26(31)12-19(3)32-4;1-2/h5-14,16,32-33H,15H2,1-4H3,(H2,31,34,35,36);2H2,1H3/b17-11+,19-12-;. The fourth-order valence-corrected chi connectivity index (χ4v) is 4.73. The van der Waals surface area contributed by atoms with Crippen molar-refractivity contribution in [1.82, 2.24) is 20.3 Å². The summed E-state index contributed by atoms with van der Waals surface area (Å²) in [5.41, 5.74) is 18.5. The van der Waals surface area contributed by atoms with E-state index in [1.54, 1.807) is 24.1 Å². The van der Waals surface area contributed by atoms with Crippen molar-refractivity contribution in [3.8, 4) is 11.3 Å². The van der Waals surface area contributed by atoms with Crippen LogP contribution in [0.1, 0.15) is 40.9 Å². The first-order valence-corrected chi connectivity index (χ1v) is 13.1. The summed E-state index contributed by atoms with van der Waals surface area (Å²) >= 11 is 0. The van der Waals surface area contributed by atoms with Gasteiger partial charge in [0.25, 0.3) is 11.9 Å². The predicted octanol–water partition coefficient (Wildman–Crippen LogP) is 4.38. The Balaban J connectivity index is 0.00000189. The van der Waals surface area contributed by atoms with Crippen LogP contribution in [0.2, 0.25) is 0 Å². The van der Waals surface area contributed by atoms with Crippen molar-refractivity contribution in [1.29, 1.82) is 0 Å². The average molecular weight is 551 g/mol. The molecule has 0 saturated carbocycles. The minimum absolute atomic E-state index is 0.0807. The summed E-state index contributed by atoms with van der Waals surface area (Å²) in [6, 6.07) is 11.5. The van der Waals surface area contributed by atoms with Crippen molar-refractivity contribution in [2.45, 2.75) is 27.3 Å². The lowest BCUT2D eigenvalue weighted by molar-refractivity contribution is -0.104. The number of hydrogen-bond acceptors (Lipinski definition) is 7. The number of para-hydroxylation sites is 1. The number of nitrogens with two attached hydrogens (primary N) is 2. The van der Waals surface area contributed by atoms with E-state index in [1.807, 2.05) is 69.6 Å². The number of aliphatic imine (C=N–C) groups is 1. The van der Waals surface area contributed by atoms with Gasteiger partial charge in [0.05, 0.1) is 23.4 Å². The zero-order valence-electron chi connectivity index (χ0n) is 23.8. The van der Waals surface area contributed by atoms with Crippen molar-refractivity contribution in [2.24, 2.45) is 16.5 Å². The van der Waals surface area contributed by atoms with E-state index >= 15 is 0 Å². The quantitative estimate of drug-likeness (QED) is 0.115. The van der Waals surface area contributed by atoms with E-state index in [9.17, 15) is 9.59 Å². The maximum absolute atomic E-state index is 13.5.